The zero-order valence-corrected chi connectivity index (χ0v) is 21.9. The normalized spacial score (nSPS) is 15.3. The summed E-state index contributed by atoms with van der Waals surface area (Å²) in [6, 6.07) is 13.6. The summed E-state index contributed by atoms with van der Waals surface area (Å²) < 4.78 is 49.4. The molecule has 1 saturated heterocycles. The van der Waals surface area contributed by atoms with E-state index in [1.165, 1.54) is 24.6 Å². The standard InChI is InChI=1S/C26H28N4O7S/c1-34-19-6-8-24(23(15-19)35-2)38(32,33)30-12-10-29(11-13-30)25-20(4-3-9-27-25)26(31)28-16-18-5-7-21-22(14-18)37-17-36-21/h3-9,14-15H,10-13,16-17H2,1-2H3,(H,28,31). The van der Waals surface area contributed by atoms with Crippen LogP contribution >= 0.6 is 0 Å². The van der Waals surface area contributed by atoms with Crippen LogP contribution < -0.4 is 29.2 Å². The van der Waals surface area contributed by atoms with Crippen LogP contribution in [-0.4, -0.2) is 70.8 Å². The lowest BCUT2D eigenvalue weighted by atomic mass is 10.1. The molecule has 2 aliphatic heterocycles. The molecule has 2 aromatic carbocycles. The highest BCUT2D eigenvalue weighted by Crippen LogP contribution is 2.33. The Morgan fingerprint density at radius 1 is 1.00 bits per heavy atom. The Morgan fingerprint density at radius 2 is 1.79 bits per heavy atom. The molecule has 3 aromatic rings. The third-order valence-electron chi connectivity index (χ3n) is 6.45. The summed E-state index contributed by atoms with van der Waals surface area (Å²) in [6.07, 6.45) is 1.62. The van der Waals surface area contributed by atoms with Gasteiger partial charge in [0.2, 0.25) is 16.8 Å². The molecule has 5 rings (SSSR count). The number of sulfonamides is 1. The Hall–Kier alpha value is -4.03. The van der Waals surface area contributed by atoms with Crippen LogP contribution in [0.4, 0.5) is 5.82 Å². The molecule has 1 amide bonds. The van der Waals surface area contributed by atoms with Crippen LogP contribution in [0.1, 0.15) is 15.9 Å². The van der Waals surface area contributed by atoms with Gasteiger partial charge in [-0.3, -0.25) is 4.79 Å². The highest BCUT2D eigenvalue weighted by molar-refractivity contribution is 7.89. The van der Waals surface area contributed by atoms with Crippen molar-refractivity contribution < 1.29 is 32.2 Å². The molecular formula is C26H28N4O7S. The van der Waals surface area contributed by atoms with E-state index in [1.54, 1.807) is 30.5 Å². The number of aromatic nitrogens is 1. The summed E-state index contributed by atoms with van der Waals surface area (Å²) in [5, 5.41) is 2.93. The fourth-order valence-corrected chi connectivity index (χ4v) is 5.98. The summed E-state index contributed by atoms with van der Waals surface area (Å²) in [5.41, 5.74) is 1.29. The maximum absolute atomic E-state index is 13.4. The second-order valence-corrected chi connectivity index (χ2v) is 10.6. The predicted octanol–water partition coefficient (Wildman–Crippen LogP) is 2.27. The summed E-state index contributed by atoms with van der Waals surface area (Å²) in [6.45, 7) is 1.69. The Bertz CT molecular complexity index is 1440. The van der Waals surface area contributed by atoms with Crippen molar-refractivity contribution in [3.05, 3.63) is 65.9 Å². The third-order valence-corrected chi connectivity index (χ3v) is 8.39. The second kappa shape index (κ2) is 10.8. The average molecular weight is 541 g/mol. The molecule has 12 heteroatoms. The summed E-state index contributed by atoms with van der Waals surface area (Å²) in [5.74, 6) is 2.29. The summed E-state index contributed by atoms with van der Waals surface area (Å²) in [7, 11) is -0.870. The number of carbonyl (C=O) groups excluding carboxylic acids is 1. The van der Waals surface area contributed by atoms with Gasteiger partial charge in [-0.05, 0) is 42.0 Å². The van der Waals surface area contributed by atoms with Gasteiger partial charge >= 0.3 is 0 Å². The number of pyridine rings is 1. The molecule has 11 nitrogen and oxygen atoms in total. The number of rotatable bonds is 8. The number of anilines is 1. The van der Waals surface area contributed by atoms with Gasteiger partial charge in [0.25, 0.3) is 5.91 Å². The zero-order chi connectivity index (χ0) is 26.7. The van der Waals surface area contributed by atoms with Crippen LogP contribution in [0.25, 0.3) is 0 Å². The number of carbonyl (C=O) groups is 1. The molecule has 3 heterocycles. The highest BCUT2D eigenvalue weighted by Gasteiger charge is 2.32. The smallest absolute Gasteiger partial charge is 0.255 e. The molecule has 0 aliphatic carbocycles. The fourth-order valence-electron chi connectivity index (χ4n) is 4.42. The van der Waals surface area contributed by atoms with Crippen molar-refractivity contribution in [1.82, 2.24) is 14.6 Å². The number of fused-ring (bicyclic) bond motifs is 1. The molecule has 0 atom stereocenters. The Labute approximate surface area is 220 Å². The number of ether oxygens (including phenoxy) is 4. The molecule has 0 spiro atoms. The molecular weight excluding hydrogens is 512 g/mol. The predicted molar refractivity (Wildman–Crippen MR) is 138 cm³/mol. The molecule has 0 bridgehead atoms. The lowest BCUT2D eigenvalue weighted by Gasteiger charge is -2.35. The second-order valence-electron chi connectivity index (χ2n) is 8.65. The first-order valence-corrected chi connectivity index (χ1v) is 13.4. The maximum Gasteiger partial charge on any atom is 0.255 e. The number of benzene rings is 2. The molecule has 0 unspecified atom stereocenters. The minimum Gasteiger partial charge on any atom is -0.497 e. The minimum absolute atomic E-state index is 0.0793. The van der Waals surface area contributed by atoms with Crippen molar-refractivity contribution >= 4 is 21.7 Å². The van der Waals surface area contributed by atoms with Crippen molar-refractivity contribution in [2.24, 2.45) is 0 Å². The number of hydrogen-bond acceptors (Lipinski definition) is 9. The summed E-state index contributed by atoms with van der Waals surface area (Å²) >= 11 is 0. The first-order valence-electron chi connectivity index (χ1n) is 12.0. The summed E-state index contributed by atoms with van der Waals surface area (Å²) in [4.78, 5) is 19.5. The first-order chi connectivity index (χ1) is 18.4. The topological polar surface area (TPSA) is 120 Å². The van der Waals surface area contributed by atoms with E-state index >= 15 is 0 Å². The van der Waals surface area contributed by atoms with Crippen LogP contribution in [0.5, 0.6) is 23.0 Å². The van der Waals surface area contributed by atoms with Crippen LogP contribution in [-0.2, 0) is 16.6 Å². The molecule has 200 valence electrons. The van der Waals surface area contributed by atoms with Gasteiger partial charge < -0.3 is 29.2 Å². The quantitative estimate of drug-likeness (QED) is 0.459. The van der Waals surface area contributed by atoms with E-state index in [4.69, 9.17) is 18.9 Å². The largest absolute Gasteiger partial charge is 0.497 e. The fraction of sp³-hybridized carbons (Fsp3) is 0.308. The lowest BCUT2D eigenvalue weighted by Crippen LogP contribution is -2.49. The Balaban J connectivity index is 1.26. The van der Waals surface area contributed by atoms with E-state index in [2.05, 4.69) is 10.3 Å². The maximum atomic E-state index is 13.4. The number of methoxy groups -OCH3 is 2. The van der Waals surface area contributed by atoms with E-state index in [1.807, 2.05) is 23.1 Å². The van der Waals surface area contributed by atoms with Crippen molar-refractivity contribution in [3.63, 3.8) is 0 Å². The van der Waals surface area contributed by atoms with E-state index in [0.717, 1.165) is 5.56 Å². The monoisotopic (exact) mass is 540 g/mol. The number of hydrogen-bond donors (Lipinski definition) is 1. The van der Waals surface area contributed by atoms with Gasteiger partial charge in [0.1, 0.15) is 22.2 Å². The molecule has 1 N–H and O–H groups in total. The van der Waals surface area contributed by atoms with Gasteiger partial charge in [-0.25, -0.2) is 13.4 Å². The molecule has 38 heavy (non-hydrogen) atoms. The first kappa shape index (κ1) is 25.6. The number of nitrogens with one attached hydrogen (secondary N) is 1. The minimum atomic E-state index is -3.80. The van der Waals surface area contributed by atoms with Crippen LogP contribution in [0, 0.1) is 0 Å². The van der Waals surface area contributed by atoms with Gasteiger partial charge in [0.15, 0.2) is 11.5 Å². The number of nitrogens with zero attached hydrogens (tertiary/aromatic N) is 3. The van der Waals surface area contributed by atoms with Crippen molar-refractivity contribution in [2.45, 2.75) is 11.4 Å². The van der Waals surface area contributed by atoms with Gasteiger partial charge in [0, 0.05) is 45.0 Å². The van der Waals surface area contributed by atoms with Crippen molar-refractivity contribution in [3.8, 4) is 23.0 Å². The van der Waals surface area contributed by atoms with Crippen LogP contribution in [0.3, 0.4) is 0 Å². The molecule has 1 aromatic heterocycles. The van der Waals surface area contributed by atoms with E-state index in [0.29, 0.717) is 48.3 Å². The Kier molecular flexibility index (Phi) is 7.25. The molecule has 0 radical (unpaired) electrons. The average Bonchev–Trinajstić information content (AvgIpc) is 3.43. The van der Waals surface area contributed by atoms with E-state index in [-0.39, 0.29) is 36.4 Å². The Morgan fingerprint density at radius 3 is 2.55 bits per heavy atom. The van der Waals surface area contributed by atoms with Gasteiger partial charge in [-0.15, -0.1) is 0 Å². The number of piperazine rings is 1. The van der Waals surface area contributed by atoms with Crippen LogP contribution in [0.15, 0.2) is 59.6 Å². The zero-order valence-electron chi connectivity index (χ0n) is 21.0. The molecule has 1 fully saturated rings. The van der Waals surface area contributed by atoms with Crippen molar-refractivity contribution in [2.75, 3.05) is 52.1 Å². The van der Waals surface area contributed by atoms with E-state index < -0.39 is 10.0 Å². The molecule has 0 saturated carbocycles. The molecule has 2 aliphatic rings. The SMILES string of the molecule is COc1ccc(S(=O)(=O)N2CCN(c3ncccc3C(=O)NCc3ccc4c(c3)OCO4)CC2)c(OC)c1. The number of amides is 1. The lowest BCUT2D eigenvalue weighted by molar-refractivity contribution is 0.0950. The highest BCUT2D eigenvalue weighted by atomic mass is 32.2. The van der Waals surface area contributed by atoms with Crippen molar-refractivity contribution in [1.29, 1.82) is 0 Å². The van der Waals surface area contributed by atoms with Gasteiger partial charge in [-0.1, -0.05) is 6.07 Å². The van der Waals surface area contributed by atoms with Gasteiger partial charge in [-0.2, -0.15) is 4.31 Å². The van der Waals surface area contributed by atoms with E-state index in [9.17, 15) is 13.2 Å². The van der Waals surface area contributed by atoms with Crippen LogP contribution in [0.2, 0.25) is 0 Å². The van der Waals surface area contributed by atoms with Gasteiger partial charge in [0.05, 0.1) is 19.8 Å². The third kappa shape index (κ3) is 5.04.